The maximum absolute atomic E-state index is 12.9. The Hall–Kier alpha value is -1.79. The molecule has 3 rings (SSSR count). The molecule has 1 aromatic rings. The molecule has 7 heteroatoms. The molecule has 27 heavy (non-hydrogen) atoms. The third-order valence-corrected chi connectivity index (χ3v) is 5.28. The summed E-state index contributed by atoms with van der Waals surface area (Å²) < 4.78 is 5.59. The van der Waals surface area contributed by atoms with Crippen molar-refractivity contribution in [2.45, 2.75) is 50.5 Å². The number of hydrogen-bond donors (Lipinski definition) is 2. The number of benzene rings is 1. The first-order valence-electron chi connectivity index (χ1n) is 9.78. The molecule has 0 radical (unpaired) electrons. The van der Waals surface area contributed by atoms with Gasteiger partial charge in [-0.3, -0.25) is 9.59 Å². The number of alkyl halides is 1. The Morgan fingerprint density at radius 1 is 1.26 bits per heavy atom. The molecule has 2 aliphatic heterocycles. The number of hydrogen-bond acceptors (Lipinski definition) is 4. The lowest BCUT2D eigenvalue weighted by atomic mass is 10.1. The Morgan fingerprint density at radius 2 is 2.04 bits per heavy atom. The largest absolute Gasteiger partial charge is 0.376 e. The summed E-state index contributed by atoms with van der Waals surface area (Å²) in [4.78, 5) is 27.1. The quantitative estimate of drug-likeness (QED) is 0.728. The average Bonchev–Trinajstić information content (AvgIpc) is 3.20. The van der Waals surface area contributed by atoms with E-state index in [9.17, 15) is 9.59 Å². The molecular formula is C20H28ClN3O3. The van der Waals surface area contributed by atoms with E-state index < -0.39 is 5.38 Å². The molecule has 1 aromatic carbocycles. The zero-order valence-electron chi connectivity index (χ0n) is 15.8. The fourth-order valence-electron chi connectivity index (χ4n) is 3.56. The number of piperidine rings is 1. The highest BCUT2D eigenvalue weighted by molar-refractivity contribution is 6.32. The van der Waals surface area contributed by atoms with Crippen LogP contribution in [0.1, 0.15) is 49.4 Å². The highest BCUT2D eigenvalue weighted by Gasteiger charge is 2.22. The second-order valence-electron chi connectivity index (χ2n) is 7.23. The first-order chi connectivity index (χ1) is 13.0. The molecule has 0 aliphatic carbocycles. The van der Waals surface area contributed by atoms with Crippen molar-refractivity contribution >= 4 is 34.8 Å². The number of carbonyl (C=O) groups excluding carboxylic acids is 2. The third-order valence-electron chi connectivity index (χ3n) is 5.08. The summed E-state index contributed by atoms with van der Waals surface area (Å²) in [6.07, 6.45) is 5.57. The van der Waals surface area contributed by atoms with Crippen LogP contribution in [0.25, 0.3) is 0 Å². The van der Waals surface area contributed by atoms with Crippen molar-refractivity contribution < 1.29 is 14.3 Å². The van der Waals surface area contributed by atoms with Gasteiger partial charge in [-0.1, -0.05) is 0 Å². The van der Waals surface area contributed by atoms with Crippen LogP contribution < -0.4 is 15.5 Å². The van der Waals surface area contributed by atoms with E-state index >= 15 is 0 Å². The van der Waals surface area contributed by atoms with E-state index in [0.717, 1.165) is 51.1 Å². The van der Waals surface area contributed by atoms with E-state index in [-0.39, 0.29) is 17.9 Å². The Kier molecular flexibility index (Phi) is 6.96. The Bertz CT molecular complexity index is 668. The fraction of sp³-hybridized carbons (Fsp3) is 0.600. The van der Waals surface area contributed by atoms with Gasteiger partial charge >= 0.3 is 0 Å². The van der Waals surface area contributed by atoms with E-state index in [1.807, 2.05) is 12.1 Å². The number of amides is 2. The van der Waals surface area contributed by atoms with Gasteiger partial charge in [0.25, 0.3) is 5.91 Å². The van der Waals surface area contributed by atoms with Crippen molar-refractivity contribution in [3.63, 3.8) is 0 Å². The third kappa shape index (κ3) is 5.36. The van der Waals surface area contributed by atoms with Crippen molar-refractivity contribution in [1.82, 2.24) is 5.32 Å². The van der Waals surface area contributed by atoms with Crippen LogP contribution in [0.2, 0.25) is 0 Å². The summed E-state index contributed by atoms with van der Waals surface area (Å²) in [6, 6.07) is 5.49. The lowest BCUT2D eigenvalue weighted by Gasteiger charge is -2.30. The Balaban J connectivity index is 1.78. The summed E-state index contributed by atoms with van der Waals surface area (Å²) in [5.41, 5.74) is 2.07. The maximum Gasteiger partial charge on any atom is 0.253 e. The van der Waals surface area contributed by atoms with Gasteiger partial charge in [0.2, 0.25) is 5.91 Å². The van der Waals surface area contributed by atoms with Gasteiger partial charge in [-0.25, -0.2) is 0 Å². The van der Waals surface area contributed by atoms with Crippen LogP contribution in [0.5, 0.6) is 0 Å². The summed E-state index contributed by atoms with van der Waals surface area (Å²) in [5, 5.41) is 5.13. The first kappa shape index (κ1) is 20.0. The molecule has 2 amide bonds. The van der Waals surface area contributed by atoms with Gasteiger partial charge in [-0.05, 0) is 57.2 Å². The Morgan fingerprint density at radius 3 is 2.70 bits per heavy atom. The lowest BCUT2D eigenvalue weighted by molar-refractivity contribution is -0.115. The second-order valence-corrected chi connectivity index (χ2v) is 7.88. The molecule has 0 unspecified atom stereocenters. The minimum Gasteiger partial charge on any atom is -0.376 e. The first-order valence-corrected chi connectivity index (χ1v) is 10.2. The molecule has 2 heterocycles. The number of nitrogens with zero attached hydrogens (tertiary/aromatic N) is 1. The van der Waals surface area contributed by atoms with Crippen LogP contribution in [0.4, 0.5) is 11.4 Å². The highest BCUT2D eigenvalue weighted by atomic mass is 35.5. The van der Waals surface area contributed by atoms with Crippen molar-refractivity contribution in [3.8, 4) is 0 Å². The summed E-state index contributed by atoms with van der Waals surface area (Å²) in [5.74, 6) is -0.422. The molecule has 6 nitrogen and oxygen atoms in total. The van der Waals surface area contributed by atoms with Crippen molar-refractivity contribution in [2.24, 2.45) is 0 Å². The highest BCUT2D eigenvalue weighted by Crippen LogP contribution is 2.27. The molecule has 0 spiro atoms. The number of anilines is 2. The van der Waals surface area contributed by atoms with Crippen molar-refractivity contribution in [1.29, 1.82) is 0 Å². The molecular weight excluding hydrogens is 366 g/mol. The summed E-state index contributed by atoms with van der Waals surface area (Å²) >= 11 is 5.84. The topological polar surface area (TPSA) is 70.7 Å². The normalized spacial score (nSPS) is 21.0. The van der Waals surface area contributed by atoms with Gasteiger partial charge in [-0.15, -0.1) is 11.6 Å². The molecule has 2 saturated heterocycles. The molecule has 2 atom stereocenters. The number of ether oxygens (including phenoxy) is 1. The minimum atomic E-state index is -0.636. The molecule has 2 fully saturated rings. The second kappa shape index (κ2) is 9.42. The monoisotopic (exact) mass is 393 g/mol. The molecule has 2 aliphatic rings. The van der Waals surface area contributed by atoms with E-state index in [1.54, 1.807) is 13.0 Å². The van der Waals surface area contributed by atoms with Crippen LogP contribution >= 0.6 is 11.6 Å². The lowest BCUT2D eigenvalue weighted by Crippen LogP contribution is -2.35. The molecule has 148 valence electrons. The molecule has 0 saturated carbocycles. The van der Waals surface area contributed by atoms with E-state index in [1.165, 1.54) is 6.42 Å². The summed E-state index contributed by atoms with van der Waals surface area (Å²) in [6.45, 7) is 4.77. The van der Waals surface area contributed by atoms with Gasteiger partial charge in [-0.2, -0.15) is 0 Å². The van der Waals surface area contributed by atoms with Gasteiger partial charge in [0.15, 0.2) is 0 Å². The standard InChI is InChI=1S/C20H28ClN3O3/c1-14(21)19(25)23-15-7-8-18(24-9-3-2-4-10-24)17(12-15)20(26)22-13-16-6-5-11-27-16/h7-8,12,14,16H,2-6,9-11,13H2,1H3,(H,22,26)(H,23,25)/t14-,16-/m0/s1. The zero-order valence-corrected chi connectivity index (χ0v) is 16.6. The van der Waals surface area contributed by atoms with Gasteiger partial charge in [0.05, 0.1) is 11.7 Å². The SMILES string of the molecule is C[C@H](Cl)C(=O)Nc1ccc(N2CCCCC2)c(C(=O)NC[C@@H]2CCCO2)c1. The van der Waals surface area contributed by atoms with E-state index in [4.69, 9.17) is 16.3 Å². The van der Waals surface area contributed by atoms with Crippen molar-refractivity contribution in [3.05, 3.63) is 23.8 Å². The number of halogens is 1. The van der Waals surface area contributed by atoms with Crippen LogP contribution in [0, 0.1) is 0 Å². The van der Waals surface area contributed by atoms with Crippen LogP contribution in [-0.2, 0) is 9.53 Å². The van der Waals surface area contributed by atoms with E-state index in [2.05, 4.69) is 15.5 Å². The van der Waals surface area contributed by atoms with Gasteiger partial charge < -0.3 is 20.3 Å². The minimum absolute atomic E-state index is 0.0902. The maximum atomic E-state index is 12.9. The van der Waals surface area contributed by atoms with Crippen LogP contribution in [0.15, 0.2) is 18.2 Å². The van der Waals surface area contributed by atoms with Crippen LogP contribution in [0.3, 0.4) is 0 Å². The Labute approximate surface area is 165 Å². The zero-order chi connectivity index (χ0) is 19.2. The van der Waals surface area contributed by atoms with Gasteiger partial charge in [0, 0.05) is 37.6 Å². The molecule has 2 N–H and O–H groups in total. The number of rotatable bonds is 6. The van der Waals surface area contributed by atoms with E-state index in [0.29, 0.717) is 17.8 Å². The smallest absolute Gasteiger partial charge is 0.253 e. The fourth-order valence-corrected chi connectivity index (χ4v) is 3.61. The molecule has 0 aromatic heterocycles. The predicted octanol–water partition coefficient (Wildman–Crippen LogP) is 3.15. The van der Waals surface area contributed by atoms with Gasteiger partial charge in [0.1, 0.15) is 5.38 Å². The number of carbonyl (C=O) groups is 2. The predicted molar refractivity (Wildman–Crippen MR) is 108 cm³/mol. The average molecular weight is 394 g/mol. The summed E-state index contributed by atoms with van der Waals surface area (Å²) in [7, 11) is 0. The number of nitrogens with one attached hydrogen (secondary N) is 2. The van der Waals surface area contributed by atoms with Crippen molar-refractivity contribution in [2.75, 3.05) is 36.5 Å². The van der Waals surface area contributed by atoms with Crippen LogP contribution in [-0.4, -0.2) is 49.5 Å². The molecule has 0 bridgehead atoms.